The third-order valence-corrected chi connectivity index (χ3v) is 4.90. The lowest BCUT2D eigenvalue weighted by atomic mass is 9.76. The lowest BCUT2D eigenvalue weighted by Gasteiger charge is -2.33. The quantitative estimate of drug-likeness (QED) is 0.372. The molecule has 0 heterocycles. The lowest BCUT2D eigenvalue weighted by molar-refractivity contribution is -0.384. The van der Waals surface area contributed by atoms with Crippen molar-refractivity contribution in [2.75, 3.05) is 0 Å². The average molecular weight is 309 g/mol. The number of nitro groups is 1. The van der Waals surface area contributed by atoms with Crippen molar-refractivity contribution in [3.05, 3.63) is 76.4 Å². The van der Waals surface area contributed by atoms with Gasteiger partial charge < -0.3 is 4.74 Å². The SMILES string of the molecule is O=C(O[C@H]1C=CC2C=CC3C=CC1[C@@H]32)c1ccc([N+](=O)[O-])cc1. The zero-order valence-electron chi connectivity index (χ0n) is 12.2. The molecule has 1 aromatic rings. The van der Waals surface area contributed by atoms with Crippen LogP contribution in [0, 0.1) is 33.8 Å². The minimum absolute atomic E-state index is 0.0412. The van der Waals surface area contributed by atoms with Gasteiger partial charge in [-0.1, -0.05) is 30.4 Å². The zero-order valence-corrected chi connectivity index (χ0v) is 12.2. The van der Waals surface area contributed by atoms with Gasteiger partial charge in [-0.25, -0.2) is 4.79 Å². The van der Waals surface area contributed by atoms with Gasteiger partial charge in [0.1, 0.15) is 6.10 Å². The highest BCUT2D eigenvalue weighted by molar-refractivity contribution is 5.89. The smallest absolute Gasteiger partial charge is 0.338 e. The molecule has 0 N–H and O–H groups in total. The summed E-state index contributed by atoms with van der Waals surface area (Å²) in [6.07, 6.45) is 12.6. The van der Waals surface area contributed by atoms with Crippen LogP contribution in [-0.2, 0) is 4.74 Å². The molecule has 1 aromatic carbocycles. The largest absolute Gasteiger partial charge is 0.454 e. The highest BCUT2D eigenvalue weighted by Crippen LogP contribution is 2.47. The van der Waals surface area contributed by atoms with Gasteiger partial charge in [0, 0.05) is 18.1 Å². The van der Waals surface area contributed by atoms with E-state index in [1.165, 1.54) is 24.3 Å². The van der Waals surface area contributed by atoms with E-state index in [4.69, 9.17) is 4.74 Å². The van der Waals surface area contributed by atoms with E-state index in [0.717, 1.165) is 0 Å². The van der Waals surface area contributed by atoms with E-state index >= 15 is 0 Å². The Morgan fingerprint density at radius 2 is 1.57 bits per heavy atom. The molecule has 3 aliphatic carbocycles. The summed E-state index contributed by atoms with van der Waals surface area (Å²) in [5, 5.41) is 10.7. The summed E-state index contributed by atoms with van der Waals surface area (Å²) >= 11 is 0. The number of non-ortho nitro benzene ring substituents is 1. The molecule has 0 radical (unpaired) electrons. The van der Waals surface area contributed by atoms with Gasteiger partial charge in [-0.05, 0) is 36.0 Å². The molecule has 3 unspecified atom stereocenters. The molecule has 0 fully saturated rings. The maximum Gasteiger partial charge on any atom is 0.338 e. The molecule has 0 amide bonds. The van der Waals surface area contributed by atoms with Gasteiger partial charge in [-0.15, -0.1) is 0 Å². The van der Waals surface area contributed by atoms with Crippen LogP contribution < -0.4 is 0 Å². The molecular formula is C18H15NO4. The highest BCUT2D eigenvalue weighted by Gasteiger charge is 2.44. The number of hydrogen-bond donors (Lipinski definition) is 0. The molecule has 0 bridgehead atoms. The molecule has 3 aliphatic rings. The van der Waals surface area contributed by atoms with Crippen LogP contribution in [0.4, 0.5) is 5.69 Å². The number of benzene rings is 1. The monoisotopic (exact) mass is 309 g/mol. The summed E-state index contributed by atoms with van der Waals surface area (Å²) in [7, 11) is 0. The second kappa shape index (κ2) is 5.19. The Balaban J connectivity index is 1.50. The molecule has 0 saturated heterocycles. The second-order valence-electron chi connectivity index (χ2n) is 6.14. The maximum atomic E-state index is 12.3. The van der Waals surface area contributed by atoms with Gasteiger partial charge in [0.05, 0.1) is 10.5 Å². The molecule has 0 saturated carbocycles. The summed E-state index contributed by atoms with van der Waals surface area (Å²) in [6.45, 7) is 0. The number of nitrogens with zero attached hydrogens (tertiary/aromatic N) is 1. The number of rotatable bonds is 3. The van der Waals surface area contributed by atoms with Crippen molar-refractivity contribution < 1.29 is 14.5 Å². The summed E-state index contributed by atoms with van der Waals surface area (Å²) < 4.78 is 5.64. The number of ether oxygens (including phenoxy) is 1. The van der Waals surface area contributed by atoms with Crippen molar-refractivity contribution in [1.29, 1.82) is 0 Å². The Bertz CT molecular complexity index is 747. The predicted molar refractivity (Wildman–Crippen MR) is 83.7 cm³/mol. The van der Waals surface area contributed by atoms with Crippen molar-refractivity contribution in [1.82, 2.24) is 0 Å². The molecule has 5 nitrogen and oxygen atoms in total. The van der Waals surface area contributed by atoms with Crippen molar-refractivity contribution >= 4 is 11.7 Å². The first-order valence-corrected chi connectivity index (χ1v) is 7.64. The number of nitro benzene ring substituents is 1. The Morgan fingerprint density at radius 3 is 2.22 bits per heavy atom. The van der Waals surface area contributed by atoms with Gasteiger partial charge in [-0.3, -0.25) is 10.1 Å². The first kappa shape index (κ1) is 13.9. The standard InChI is InChI=1S/C18H15NO4/c20-18(13-3-7-14(8-4-13)19(21)22)23-16-10-6-12-2-1-11-5-9-15(16)17(11)12/h1-12,15-17H/t11?,12?,15?,16-,17-/m0/s1. The number of allylic oxidation sites excluding steroid dienone is 4. The molecule has 0 aliphatic heterocycles. The molecule has 5 heteroatoms. The molecule has 0 spiro atoms. The number of esters is 1. The van der Waals surface area contributed by atoms with Gasteiger partial charge in [0.15, 0.2) is 0 Å². The fourth-order valence-electron chi connectivity index (χ4n) is 3.78. The van der Waals surface area contributed by atoms with E-state index in [0.29, 0.717) is 23.3 Å². The fraction of sp³-hybridized carbons (Fsp3) is 0.278. The normalized spacial score (nSPS) is 32.8. The molecule has 0 aromatic heterocycles. The van der Waals surface area contributed by atoms with E-state index in [1.54, 1.807) is 0 Å². The van der Waals surface area contributed by atoms with Gasteiger partial charge >= 0.3 is 5.97 Å². The predicted octanol–water partition coefficient (Wildman–Crippen LogP) is 3.29. The van der Waals surface area contributed by atoms with Gasteiger partial charge in [0.25, 0.3) is 5.69 Å². The fourth-order valence-corrected chi connectivity index (χ4v) is 3.78. The van der Waals surface area contributed by atoms with Crippen molar-refractivity contribution in [3.8, 4) is 0 Å². The molecule has 23 heavy (non-hydrogen) atoms. The van der Waals surface area contributed by atoms with Crippen LogP contribution in [0.1, 0.15) is 10.4 Å². The molecular weight excluding hydrogens is 294 g/mol. The van der Waals surface area contributed by atoms with Crippen LogP contribution in [0.5, 0.6) is 0 Å². The van der Waals surface area contributed by atoms with Crippen LogP contribution >= 0.6 is 0 Å². The second-order valence-corrected chi connectivity index (χ2v) is 6.14. The van der Waals surface area contributed by atoms with Gasteiger partial charge in [0.2, 0.25) is 0 Å². The van der Waals surface area contributed by atoms with Gasteiger partial charge in [-0.2, -0.15) is 0 Å². The van der Waals surface area contributed by atoms with Crippen LogP contribution in [0.3, 0.4) is 0 Å². The third kappa shape index (κ3) is 2.29. The van der Waals surface area contributed by atoms with Crippen molar-refractivity contribution in [2.24, 2.45) is 23.7 Å². The minimum atomic E-state index is -0.490. The molecule has 116 valence electrons. The third-order valence-electron chi connectivity index (χ3n) is 4.90. The van der Waals surface area contributed by atoms with E-state index in [-0.39, 0.29) is 17.7 Å². The number of carbonyl (C=O) groups excluding carboxylic acids is 1. The zero-order chi connectivity index (χ0) is 16.0. The average Bonchev–Trinajstić information content (AvgIpc) is 3.16. The van der Waals surface area contributed by atoms with Crippen LogP contribution in [0.2, 0.25) is 0 Å². The first-order valence-electron chi connectivity index (χ1n) is 7.64. The summed E-state index contributed by atoms with van der Waals surface area (Å²) in [5.41, 5.74) is 0.287. The van der Waals surface area contributed by atoms with E-state index in [2.05, 4.69) is 30.4 Å². The Labute approximate surface area is 133 Å². The van der Waals surface area contributed by atoms with Crippen molar-refractivity contribution in [3.63, 3.8) is 0 Å². The summed E-state index contributed by atoms with van der Waals surface area (Å²) in [4.78, 5) is 22.5. The van der Waals surface area contributed by atoms with E-state index < -0.39 is 10.9 Å². The summed E-state index contributed by atoms with van der Waals surface area (Å²) in [6, 6.07) is 5.49. The van der Waals surface area contributed by atoms with Crippen LogP contribution in [-0.4, -0.2) is 17.0 Å². The Hall–Kier alpha value is -2.69. The topological polar surface area (TPSA) is 69.4 Å². The Morgan fingerprint density at radius 1 is 0.957 bits per heavy atom. The maximum absolute atomic E-state index is 12.3. The number of hydrogen-bond acceptors (Lipinski definition) is 4. The Kier molecular flexibility index (Phi) is 3.15. The number of carbonyl (C=O) groups is 1. The van der Waals surface area contributed by atoms with Crippen molar-refractivity contribution in [2.45, 2.75) is 6.10 Å². The van der Waals surface area contributed by atoms with E-state index in [1.807, 2.05) is 6.08 Å². The lowest BCUT2D eigenvalue weighted by Crippen LogP contribution is -2.34. The van der Waals surface area contributed by atoms with E-state index in [9.17, 15) is 14.9 Å². The van der Waals surface area contributed by atoms with Crippen LogP contribution in [0.15, 0.2) is 60.7 Å². The van der Waals surface area contributed by atoms with Crippen LogP contribution in [0.25, 0.3) is 0 Å². The summed E-state index contributed by atoms with van der Waals surface area (Å²) in [5.74, 6) is 1.07. The molecule has 5 atom stereocenters. The highest BCUT2D eigenvalue weighted by atomic mass is 16.6. The first-order chi connectivity index (χ1) is 11.1. The molecule has 4 rings (SSSR count). The minimum Gasteiger partial charge on any atom is -0.454 e.